The van der Waals surface area contributed by atoms with Gasteiger partial charge < -0.3 is 49.7 Å². The lowest BCUT2D eigenvalue weighted by Crippen LogP contribution is -2.64. The number of carbonyl (C=O) groups excluding carboxylic acids is 2. The predicted molar refractivity (Wildman–Crippen MR) is 241 cm³/mol. The van der Waals surface area contributed by atoms with Crippen molar-refractivity contribution in [2.75, 3.05) is 20.0 Å². The van der Waals surface area contributed by atoms with Crippen LogP contribution < -0.4 is 5.32 Å². The molecule has 0 aromatic rings. The average molecular weight is 922 g/mol. The van der Waals surface area contributed by atoms with Crippen LogP contribution in [0.1, 0.15) is 136 Å². The van der Waals surface area contributed by atoms with Crippen LogP contribution in [0.25, 0.3) is 0 Å². The number of nitrogens with one attached hydrogen (secondary N) is 1. The average Bonchev–Trinajstić information content (AvgIpc) is 3.21. The fraction of sp³-hybridized carbons (Fsp3) is 0.707. The Morgan fingerprint density at radius 2 is 1.10 bits per heavy atom. The molecule has 0 saturated heterocycles. The highest BCUT2D eigenvalue weighted by Gasteiger charge is 2.54. The van der Waals surface area contributed by atoms with Crippen molar-refractivity contribution in [2.45, 2.75) is 166 Å². The van der Waals surface area contributed by atoms with E-state index in [1.165, 1.54) is 51.4 Å². The first-order valence-corrected chi connectivity index (χ1v) is 23.3. The van der Waals surface area contributed by atoms with Gasteiger partial charge in [0.25, 0.3) is 0 Å². The molecule has 1 aliphatic rings. The van der Waals surface area contributed by atoms with Crippen LogP contribution in [0.5, 0.6) is 0 Å². The number of aliphatic hydroxyl groups is 5. The molecule has 0 aromatic heterocycles. The van der Waals surface area contributed by atoms with Crippen LogP contribution in [0.2, 0.25) is 0 Å². The van der Waals surface area contributed by atoms with Gasteiger partial charge in [0.2, 0.25) is 5.91 Å². The second-order valence-corrected chi connectivity index (χ2v) is 16.2. The number of hydrogen-bond donors (Lipinski definition) is 9. The van der Waals surface area contributed by atoms with Crippen molar-refractivity contribution in [3.8, 4) is 59.3 Å². The minimum atomic E-state index is -5.27. The summed E-state index contributed by atoms with van der Waals surface area (Å²) in [6.45, 7) is 3.91. The number of phosphoric ester groups is 2. The van der Waals surface area contributed by atoms with E-state index in [4.69, 9.17) is 33.4 Å². The van der Waals surface area contributed by atoms with E-state index in [0.29, 0.717) is 12.8 Å². The molecule has 61 heavy (non-hydrogen) atoms. The smallest absolute Gasteiger partial charge is 0.457 e. The summed E-state index contributed by atoms with van der Waals surface area (Å²) in [5.74, 6) is 21.9. The summed E-state index contributed by atoms with van der Waals surface area (Å²) in [7, 11) is -10.4. The zero-order valence-corrected chi connectivity index (χ0v) is 36.9. The molecule has 0 bridgehead atoms. The van der Waals surface area contributed by atoms with Crippen molar-refractivity contribution >= 4 is 27.5 Å². The highest BCUT2D eigenvalue weighted by atomic mass is 31.2. The molecule has 0 heterocycles. The number of aliphatic hydroxyl groups excluding tert-OH is 5. The molecule has 0 radical (unpaired) electrons. The third-order valence-corrected chi connectivity index (χ3v) is 9.97. The van der Waals surface area contributed by atoms with Gasteiger partial charge in [0.05, 0.1) is 13.2 Å². The Hall–Kier alpha value is -3.28. The highest BCUT2D eigenvalue weighted by molar-refractivity contribution is 7.47. The summed E-state index contributed by atoms with van der Waals surface area (Å²) in [6, 6.07) is 2.43. The lowest BCUT2D eigenvalue weighted by atomic mass is 9.85. The SMILES string of the molecule is CC#CC#CC#CC#CC#CNC(=O)CCC.CCCCCCCCCCCCCCCC(=O)O[C@H](COCO)COP(=O)(O)OC1C(O)[C@H](O)C(OP(=O)(O)O)C(O)[C@@H]1O.[HH].[HH].[HH].[HH].[HH].[HH].[HH].[HH].[HH]. The summed E-state index contributed by atoms with van der Waals surface area (Å²) >= 11 is 0. The van der Waals surface area contributed by atoms with Gasteiger partial charge >= 0.3 is 21.6 Å². The number of esters is 1. The first-order valence-electron chi connectivity index (χ1n) is 20.2. The topological polar surface area (TPSA) is 288 Å². The minimum Gasteiger partial charge on any atom is -0.457 e. The van der Waals surface area contributed by atoms with Crippen molar-refractivity contribution in [3.05, 3.63) is 0 Å². The van der Waals surface area contributed by atoms with E-state index in [0.717, 1.165) is 32.1 Å². The molecular weight excluding hydrogens is 840 g/mol. The standard InChI is InChI=1S/C26H52O16P2.C15H11NO.9H2/c1-2-3-4-5-6-7-8-9-10-11-12-13-14-15-20(28)40-19(16-38-18-27)17-39-44(36,37)42-26-23(31)21(29)25(22(30)24(26)32)41-43(33,34)35;1-3-5-6-7-8-9-10-11-12-14-16-15(17)13-4-2;;;;;;;;;/h19,21-27,29-32H,2-18H2,1H3,(H,36,37)(H2,33,34,35);4,13H2,1-2H3,(H,16,17);9*1H/t19-,21+,22?,23?,24+,25?,26?;;;;;;;;;;/m1........../s1. The molecule has 1 fully saturated rings. The lowest BCUT2D eigenvalue weighted by molar-refractivity contribution is -0.216. The molecule has 1 aliphatic carbocycles. The van der Waals surface area contributed by atoms with E-state index in [-0.39, 0.29) is 25.2 Å². The fourth-order valence-corrected chi connectivity index (χ4v) is 6.99. The first-order chi connectivity index (χ1) is 29.0. The second-order valence-electron chi connectivity index (χ2n) is 13.6. The number of hydrogen-bond acceptors (Lipinski definition) is 14. The molecule has 0 spiro atoms. The maximum atomic E-state index is 12.5. The summed E-state index contributed by atoms with van der Waals surface area (Å²) in [5.41, 5.74) is 0. The van der Waals surface area contributed by atoms with Crippen LogP contribution in [-0.2, 0) is 41.8 Å². The van der Waals surface area contributed by atoms with Gasteiger partial charge in [-0.05, 0) is 43.4 Å². The van der Waals surface area contributed by atoms with E-state index in [1.54, 1.807) is 6.92 Å². The normalized spacial score (nSPS) is 20.6. The maximum absolute atomic E-state index is 12.5. The Kier molecular flexibility index (Phi) is 33.3. The van der Waals surface area contributed by atoms with Crippen molar-refractivity contribution < 1.29 is 94.8 Å². The molecule has 18 nitrogen and oxygen atoms in total. The number of phosphoric acid groups is 2. The van der Waals surface area contributed by atoms with Crippen LogP contribution in [0, 0.1) is 59.3 Å². The number of rotatable bonds is 27. The summed E-state index contributed by atoms with van der Waals surface area (Å²) in [4.78, 5) is 51.2. The second kappa shape index (κ2) is 35.2. The zero-order valence-electron chi connectivity index (χ0n) is 35.1. The molecule has 20 heteroatoms. The van der Waals surface area contributed by atoms with Gasteiger partial charge in [-0.3, -0.25) is 28.5 Å². The quantitative estimate of drug-likeness (QED) is 0.0132. The van der Waals surface area contributed by atoms with Crippen LogP contribution in [0.4, 0.5) is 0 Å². The molecule has 0 aliphatic heterocycles. The van der Waals surface area contributed by atoms with Crippen molar-refractivity contribution in [2.24, 2.45) is 0 Å². The molecule has 0 aromatic carbocycles. The van der Waals surface area contributed by atoms with E-state index in [2.05, 4.69) is 76.1 Å². The molecule has 9 N–H and O–H groups in total. The van der Waals surface area contributed by atoms with Gasteiger partial charge in [0, 0.05) is 55.4 Å². The Labute approximate surface area is 373 Å². The van der Waals surface area contributed by atoms with Crippen LogP contribution in [0.15, 0.2) is 0 Å². The predicted octanol–water partition coefficient (Wildman–Crippen LogP) is 4.89. The summed E-state index contributed by atoms with van der Waals surface area (Å²) in [5, 5.41) is 51.9. The third kappa shape index (κ3) is 30.4. The van der Waals surface area contributed by atoms with Crippen LogP contribution in [0.3, 0.4) is 0 Å². The maximum Gasteiger partial charge on any atom is 0.472 e. The Morgan fingerprint density at radius 1 is 0.639 bits per heavy atom. The van der Waals surface area contributed by atoms with Crippen LogP contribution in [-0.4, -0.2) is 115 Å². The Balaban J connectivity index is -0.000000150. The van der Waals surface area contributed by atoms with E-state index in [1.807, 2.05) is 6.92 Å². The van der Waals surface area contributed by atoms with Crippen LogP contribution >= 0.6 is 15.6 Å². The van der Waals surface area contributed by atoms with E-state index < -0.39 is 84.3 Å². The monoisotopic (exact) mass is 921 g/mol. The summed E-state index contributed by atoms with van der Waals surface area (Å²) in [6.07, 6.45) is 1.56. The van der Waals surface area contributed by atoms with Crippen molar-refractivity contribution in [1.82, 2.24) is 5.32 Å². The fourth-order valence-electron chi connectivity index (χ4n) is 5.45. The van der Waals surface area contributed by atoms with E-state index in [9.17, 15) is 44.0 Å². The minimum absolute atomic E-state index is 0. The largest absolute Gasteiger partial charge is 0.472 e. The molecular formula is C41H81NO17P2. The van der Waals surface area contributed by atoms with Gasteiger partial charge in [-0.25, -0.2) is 9.13 Å². The number of amides is 1. The van der Waals surface area contributed by atoms with Gasteiger partial charge in [-0.2, -0.15) is 0 Å². The Bertz CT molecular complexity index is 1700. The van der Waals surface area contributed by atoms with Gasteiger partial charge in [-0.1, -0.05) is 96.8 Å². The van der Waals surface area contributed by atoms with E-state index >= 15 is 0 Å². The molecule has 1 amide bonds. The number of carbonyl (C=O) groups is 2. The first kappa shape index (κ1) is 57.7. The number of ether oxygens (including phenoxy) is 2. The van der Waals surface area contributed by atoms with Crippen molar-refractivity contribution in [3.63, 3.8) is 0 Å². The molecule has 1 rings (SSSR count). The van der Waals surface area contributed by atoms with Gasteiger partial charge in [0.1, 0.15) is 49.5 Å². The molecule has 1 saturated carbocycles. The third-order valence-electron chi connectivity index (χ3n) is 8.47. The van der Waals surface area contributed by atoms with Gasteiger partial charge in [0.15, 0.2) is 0 Å². The lowest BCUT2D eigenvalue weighted by Gasteiger charge is -2.43. The molecule has 362 valence electrons. The van der Waals surface area contributed by atoms with Crippen molar-refractivity contribution in [1.29, 1.82) is 0 Å². The number of unbranched alkanes of at least 4 members (excludes halogenated alkanes) is 12. The molecule has 8 atom stereocenters. The highest BCUT2D eigenvalue weighted by Crippen LogP contribution is 2.48. The summed E-state index contributed by atoms with van der Waals surface area (Å²) < 4.78 is 47.3. The van der Waals surface area contributed by atoms with Gasteiger partial charge in [-0.15, -0.1) is 0 Å². The Morgan fingerprint density at radius 3 is 1.56 bits per heavy atom. The molecule has 5 unspecified atom stereocenters. The zero-order chi connectivity index (χ0) is 45.9.